The molecule has 2 aliphatic rings. The molecule has 4 rings (SSSR count). The molecular weight excluding hydrogens is 310 g/mol. The number of aromatic nitrogens is 2. The van der Waals surface area contributed by atoms with Crippen molar-refractivity contribution in [1.82, 2.24) is 14.7 Å². The maximum Gasteiger partial charge on any atom is 0.107 e. The Balaban J connectivity index is 1.37. The highest BCUT2D eigenvalue weighted by atomic mass is 16.5. The SMILES string of the molecule is C#CCO[C@@H]1C[C@H]2CC[C@@H](C1)N2C[C@@H](C)Cn1ncc2ccccc21. The highest BCUT2D eigenvalue weighted by Crippen LogP contribution is 2.37. The van der Waals surface area contributed by atoms with Gasteiger partial charge in [-0.2, -0.15) is 5.10 Å². The third kappa shape index (κ3) is 3.44. The first-order chi connectivity index (χ1) is 12.2. The second-order valence-electron chi connectivity index (χ2n) is 7.68. The maximum atomic E-state index is 5.82. The Morgan fingerprint density at radius 2 is 2.00 bits per heavy atom. The molecule has 1 aromatic carbocycles. The predicted molar refractivity (Wildman–Crippen MR) is 100 cm³/mol. The van der Waals surface area contributed by atoms with Gasteiger partial charge in [0.15, 0.2) is 0 Å². The standard InChI is InChI=1S/C21H27N3O/c1-3-10-25-20-11-18-8-9-19(12-20)23(18)14-16(2)15-24-21-7-5-4-6-17(21)13-22-24/h1,4-7,13,16,18-20H,8-12,14-15H2,2H3/t16-,18-,19+,20-/m1/s1. The van der Waals surface area contributed by atoms with Gasteiger partial charge in [-0.1, -0.05) is 31.0 Å². The molecule has 4 heteroatoms. The molecule has 2 aromatic rings. The van der Waals surface area contributed by atoms with Crippen molar-refractivity contribution in [3.63, 3.8) is 0 Å². The Kier molecular flexibility index (Phi) is 4.78. The summed E-state index contributed by atoms with van der Waals surface area (Å²) in [7, 11) is 0. The van der Waals surface area contributed by atoms with Gasteiger partial charge in [0.25, 0.3) is 0 Å². The van der Waals surface area contributed by atoms with E-state index >= 15 is 0 Å². The van der Waals surface area contributed by atoms with Gasteiger partial charge in [-0.05, 0) is 37.7 Å². The van der Waals surface area contributed by atoms with Crippen LogP contribution in [-0.4, -0.2) is 46.0 Å². The third-order valence-corrected chi connectivity index (χ3v) is 5.80. The van der Waals surface area contributed by atoms with Crippen LogP contribution >= 0.6 is 0 Å². The fourth-order valence-corrected chi connectivity index (χ4v) is 4.71. The number of terminal acetylenes is 1. The van der Waals surface area contributed by atoms with E-state index in [9.17, 15) is 0 Å². The van der Waals surface area contributed by atoms with E-state index in [-0.39, 0.29) is 0 Å². The van der Waals surface area contributed by atoms with Gasteiger partial charge in [0.05, 0.1) is 17.8 Å². The molecule has 2 fully saturated rings. The van der Waals surface area contributed by atoms with E-state index in [1.54, 1.807) is 0 Å². The van der Waals surface area contributed by atoms with Crippen LogP contribution in [0.4, 0.5) is 0 Å². The molecule has 0 amide bonds. The van der Waals surface area contributed by atoms with Crippen molar-refractivity contribution in [3.05, 3.63) is 30.5 Å². The summed E-state index contributed by atoms with van der Waals surface area (Å²) in [6, 6.07) is 9.78. The van der Waals surface area contributed by atoms with E-state index in [2.05, 4.69) is 51.8 Å². The van der Waals surface area contributed by atoms with Crippen LogP contribution in [0, 0.1) is 18.3 Å². The van der Waals surface area contributed by atoms with Crippen LogP contribution in [0.1, 0.15) is 32.6 Å². The van der Waals surface area contributed by atoms with E-state index in [0.717, 1.165) is 25.9 Å². The number of rotatable bonds is 6. The molecule has 4 atom stereocenters. The molecule has 0 N–H and O–H groups in total. The lowest BCUT2D eigenvalue weighted by Crippen LogP contribution is -2.47. The van der Waals surface area contributed by atoms with Crippen LogP contribution in [0.15, 0.2) is 30.5 Å². The number of para-hydroxylation sites is 1. The van der Waals surface area contributed by atoms with Gasteiger partial charge in [-0.3, -0.25) is 9.58 Å². The quantitative estimate of drug-likeness (QED) is 0.758. The largest absolute Gasteiger partial charge is 0.365 e. The van der Waals surface area contributed by atoms with Crippen LogP contribution in [-0.2, 0) is 11.3 Å². The van der Waals surface area contributed by atoms with Crippen LogP contribution in [0.2, 0.25) is 0 Å². The van der Waals surface area contributed by atoms with Crippen LogP contribution < -0.4 is 0 Å². The number of piperidine rings is 1. The Labute approximate surface area is 150 Å². The van der Waals surface area contributed by atoms with Crippen LogP contribution in [0.5, 0.6) is 0 Å². The molecule has 132 valence electrons. The fraction of sp³-hybridized carbons (Fsp3) is 0.571. The number of benzene rings is 1. The van der Waals surface area contributed by atoms with Gasteiger partial charge >= 0.3 is 0 Å². The minimum absolute atomic E-state index is 0.357. The molecule has 3 heterocycles. The first kappa shape index (κ1) is 16.6. The third-order valence-electron chi connectivity index (χ3n) is 5.80. The molecular formula is C21H27N3O. The van der Waals surface area contributed by atoms with E-state index in [0.29, 0.717) is 30.7 Å². The van der Waals surface area contributed by atoms with Crippen molar-refractivity contribution in [2.75, 3.05) is 13.2 Å². The Bertz CT molecular complexity index is 748. The van der Waals surface area contributed by atoms with Gasteiger partial charge < -0.3 is 4.74 Å². The number of nitrogens with zero attached hydrogens (tertiary/aromatic N) is 3. The lowest BCUT2D eigenvalue weighted by atomic mass is 9.98. The van der Waals surface area contributed by atoms with Gasteiger partial charge in [0.2, 0.25) is 0 Å². The number of hydrogen-bond acceptors (Lipinski definition) is 3. The van der Waals surface area contributed by atoms with Crippen molar-refractivity contribution < 1.29 is 4.74 Å². The van der Waals surface area contributed by atoms with Crippen molar-refractivity contribution in [2.24, 2.45) is 5.92 Å². The highest BCUT2D eigenvalue weighted by Gasteiger charge is 2.41. The number of hydrogen-bond donors (Lipinski definition) is 0. The maximum absolute atomic E-state index is 5.82. The fourth-order valence-electron chi connectivity index (χ4n) is 4.71. The molecule has 0 radical (unpaired) electrons. The first-order valence-corrected chi connectivity index (χ1v) is 9.46. The molecule has 25 heavy (non-hydrogen) atoms. The topological polar surface area (TPSA) is 30.3 Å². The molecule has 4 nitrogen and oxygen atoms in total. The summed E-state index contributed by atoms with van der Waals surface area (Å²) in [5, 5.41) is 5.81. The van der Waals surface area contributed by atoms with E-state index in [4.69, 9.17) is 11.2 Å². The Morgan fingerprint density at radius 1 is 1.24 bits per heavy atom. The van der Waals surface area contributed by atoms with Crippen molar-refractivity contribution in [2.45, 2.75) is 57.3 Å². The normalized spacial score (nSPS) is 27.4. The summed E-state index contributed by atoms with van der Waals surface area (Å²) in [5.41, 5.74) is 1.23. The molecule has 0 saturated carbocycles. The smallest absolute Gasteiger partial charge is 0.107 e. The number of ether oxygens (including phenoxy) is 1. The van der Waals surface area contributed by atoms with Gasteiger partial charge in [0, 0.05) is 30.6 Å². The number of fused-ring (bicyclic) bond motifs is 3. The van der Waals surface area contributed by atoms with Crippen molar-refractivity contribution in [3.8, 4) is 12.3 Å². The van der Waals surface area contributed by atoms with Crippen molar-refractivity contribution >= 4 is 10.9 Å². The zero-order valence-corrected chi connectivity index (χ0v) is 15.0. The Morgan fingerprint density at radius 3 is 2.76 bits per heavy atom. The molecule has 0 unspecified atom stereocenters. The molecule has 2 aliphatic heterocycles. The zero-order valence-electron chi connectivity index (χ0n) is 15.0. The lowest BCUT2D eigenvalue weighted by molar-refractivity contribution is -0.0117. The highest BCUT2D eigenvalue weighted by molar-refractivity contribution is 5.78. The lowest BCUT2D eigenvalue weighted by Gasteiger charge is -2.40. The van der Waals surface area contributed by atoms with Gasteiger partial charge in [0.1, 0.15) is 6.61 Å². The van der Waals surface area contributed by atoms with Crippen LogP contribution in [0.25, 0.3) is 10.9 Å². The van der Waals surface area contributed by atoms with Crippen molar-refractivity contribution in [1.29, 1.82) is 0 Å². The summed E-state index contributed by atoms with van der Waals surface area (Å²) in [5.74, 6) is 3.18. The summed E-state index contributed by atoms with van der Waals surface area (Å²) in [6.07, 6.45) is 12.5. The average Bonchev–Trinajstić information content (AvgIpc) is 3.11. The second kappa shape index (κ2) is 7.19. The zero-order chi connectivity index (χ0) is 17.2. The minimum atomic E-state index is 0.357. The van der Waals surface area contributed by atoms with E-state index in [1.165, 1.54) is 23.7 Å². The monoisotopic (exact) mass is 337 g/mol. The van der Waals surface area contributed by atoms with Gasteiger partial charge in [-0.15, -0.1) is 6.42 Å². The Hall–Kier alpha value is -1.83. The van der Waals surface area contributed by atoms with E-state index in [1.807, 2.05) is 6.20 Å². The van der Waals surface area contributed by atoms with E-state index < -0.39 is 0 Å². The summed E-state index contributed by atoms with van der Waals surface area (Å²) < 4.78 is 7.98. The first-order valence-electron chi connectivity index (χ1n) is 9.46. The molecule has 2 bridgehead atoms. The second-order valence-corrected chi connectivity index (χ2v) is 7.68. The van der Waals surface area contributed by atoms with Crippen LogP contribution in [0.3, 0.4) is 0 Å². The van der Waals surface area contributed by atoms with Gasteiger partial charge in [-0.25, -0.2) is 0 Å². The molecule has 0 spiro atoms. The summed E-state index contributed by atoms with van der Waals surface area (Å²) in [4.78, 5) is 2.73. The minimum Gasteiger partial charge on any atom is -0.365 e. The average molecular weight is 337 g/mol. The molecule has 2 saturated heterocycles. The molecule has 0 aliphatic carbocycles. The molecule has 1 aromatic heterocycles. The summed E-state index contributed by atoms with van der Waals surface area (Å²) >= 11 is 0. The summed E-state index contributed by atoms with van der Waals surface area (Å²) in [6.45, 7) is 4.91. The predicted octanol–water partition coefficient (Wildman–Crippen LogP) is 3.32.